The number of H-pyrrole nitrogens is 1. The Kier molecular flexibility index (Phi) is 15.5. The third-order valence-corrected chi connectivity index (χ3v) is 9.65. The number of amides is 4. The first-order valence-electron chi connectivity index (χ1n) is 17.7. The van der Waals surface area contributed by atoms with Crippen LogP contribution in [0.4, 0.5) is 4.79 Å². The van der Waals surface area contributed by atoms with Crippen molar-refractivity contribution in [3.8, 4) is 0 Å². The Morgan fingerprint density at radius 1 is 1.12 bits per heavy atom. The SMILES string of the molecule is CCN1CC(C(O)C(CC2CCCCC2)NC(=O)C(Cc2cnc[nH]2)NC(=O)C(CC(=O)N(C)CCOCOC)Cc2ccccc2)OC1=O. The molecule has 276 valence electrons. The van der Waals surface area contributed by atoms with Gasteiger partial charge in [-0.05, 0) is 31.2 Å². The molecule has 4 N–H and O–H groups in total. The summed E-state index contributed by atoms with van der Waals surface area (Å²) in [6.07, 6.45) is 6.78. The number of hydrogen-bond donors (Lipinski definition) is 4. The van der Waals surface area contributed by atoms with E-state index in [1.54, 1.807) is 13.2 Å². The van der Waals surface area contributed by atoms with Gasteiger partial charge in [0.05, 0.1) is 31.4 Å². The number of aliphatic hydroxyl groups is 1. The van der Waals surface area contributed by atoms with Gasteiger partial charge in [0.15, 0.2) is 0 Å². The summed E-state index contributed by atoms with van der Waals surface area (Å²) >= 11 is 0. The fourth-order valence-corrected chi connectivity index (χ4v) is 6.68. The smallest absolute Gasteiger partial charge is 0.410 e. The van der Waals surface area contributed by atoms with E-state index in [1.807, 2.05) is 37.3 Å². The average molecular weight is 699 g/mol. The molecule has 4 amide bonds. The van der Waals surface area contributed by atoms with Crippen LogP contribution in [0.1, 0.15) is 63.1 Å². The largest absolute Gasteiger partial charge is 0.441 e. The predicted octanol–water partition coefficient (Wildman–Crippen LogP) is 2.42. The van der Waals surface area contributed by atoms with E-state index in [0.717, 1.165) is 37.7 Å². The number of nitrogens with zero attached hydrogens (tertiary/aromatic N) is 3. The third-order valence-electron chi connectivity index (χ3n) is 9.65. The highest BCUT2D eigenvalue weighted by Crippen LogP contribution is 2.29. The molecule has 4 rings (SSSR count). The van der Waals surface area contributed by atoms with Gasteiger partial charge in [0.2, 0.25) is 17.7 Å². The number of rotatable bonds is 20. The Labute approximate surface area is 294 Å². The molecule has 1 aromatic heterocycles. The van der Waals surface area contributed by atoms with Crippen LogP contribution in [0.5, 0.6) is 0 Å². The molecule has 14 heteroatoms. The molecule has 1 aliphatic carbocycles. The highest BCUT2D eigenvalue weighted by Gasteiger charge is 2.41. The lowest BCUT2D eigenvalue weighted by atomic mass is 9.83. The van der Waals surface area contributed by atoms with Crippen molar-refractivity contribution in [1.29, 1.82) is 0 Å². The first-order valence-corrected chi connectivity index (χ1v) is 17.7. The molecule has 0 radical (unpaired) electrons. The zero-order valence-electron chi connectivity index (χ0n) is 29.6. The molecule has 1 saturated heterocycles. The quantitative estimate of drug-likeness (QED) is 0.120. The summed E-state index contributed by atoms with van der Waals surface area (Å²) in [5.74, 6) is -1.65. The van der Waals surface area contributed by atoms with Crippen molar-refractivity contribution in [3.63, 3.8) is 0 Å². The molecule has 2 aromatic rings. The second-order valence-electron chi connectivity index (χ2n) is 13.4. The highest BCUT2D eigenvalue weighted by atomic mass is 16.7. The maximum atomic E-state index is 14.2. The minimum atomic E-state index is -1.14. The van der Waals surface area contributed by atoms with Gasteiger partial charge in [0.25, 0.3) is 0 Å². The standard InChI is InChI=1S/C36H54N6O8/c1-4-42-22-31(50-36(42)47)33(44)29(18-26-13-9-6-10-14-26)39-35(46)30(20-28-21-37-23-38-28)40-34(45)27(17-25-11-7-5-8-12-25)19-32(43)41(2)15-16-49-24-48-3/h5,7-8,11-12,21,23,26-27,29-31,33,44H,4,6,9-10,13-20,22,24H2,1-3H3,(H,37,38)(H,39,46)(H,40,45). The van der Waals surface area contributed by atoms with E-state index in [9.17, 15) is 24.3 Å². The van der Waals surface area contributed by atoms with E-state index >= 15 is 0 Å². The fourth-order valence-electron chi connectivity index (χ4n) is 6.68. The number of benzene rings is 1. The van der Waals surface area contributed by atoms with Crippen molar-refractivity contribution < 1.29 is 38.5 Å². The van der Waals surface area contributed by atoms with E-state index < -0.39 is 48.1 Å². The molecule has 2 fully saturated rings. The normalized spacial score (nSPS) is 18.9. The number of carbonyl (C=O) groups excluding carboxylic acids is 4. The van der Waals surface area contributed by atoms with Gasteiger partial charge >= 0.3 is 6.09 Å². The average Bonchev–Trinajstić information content (AvgIpc) is 3.78. The second-order valence-corrected chi connectivity index (χ2v) is 13.4. The Balaban J connectivity index is 1.52. The first-order chi connectivity index (χ1) is 24.2. The summed E-state index contributed by atoms with van der Waals surface area (Å²) in [6.45, 7) is 3.23. The number of hydrogen-bond acceptors (Lipinski definition) is 9. The summed E-state index contributed by atoms with van der Waals surface area (Å²) < 4.78 is 15.8. The van der Waals surface area contributed by atoms with Crippen LogP contribution in [-0.4, -0.2) is 120 Å². The first kappa shape index (κ1) is 38.8. The number of imidazole rings is 1. The molecule has 1 saturated carbocycles. The number of cyclic esters (lactones) is 1. The topological polar surface area (TPSA) is 175 Å². The van der Waals surface area contributed by atoms with Crippen LogP contribution >= 0.6 is 0 Å². The molecule has 0 spiro atoms. The summed E-state index contributed by atoms with van der Waals surface area (Å²) in [7, 11) is 3.18. The summed E-state index contributed by atoms with van der Waals surface area (Å²) in [4.78, 5) is 64.0. The third kappa shape index (κ3) is 11.8. The fraction of sp³-hybridized carbons (Fsp3) is 0.639. The van der Waals surface area contributed by atoms with E-state index in [0.29, 0.717) is 31.1 Å². The molecular formula is C36H54N6O8. The van der Waals surface area contributed by atoms with Crippen molar-refractivity contribution in [1.82, 2.24) is 30.4 Å². The molecule has 0 bridgehead atoms. The van der Waals surface area contributed by atoms with Crippen molar-refractivity contribution in [2.24, 2.45) is 11.8 Å². The number of nitrogens with one attached hydrogen (secondary N) is 3. The number of carbonyl (C=O) groups is 4. The van der Waals surface area contributed by atoms with E-state index in [1.165, 1.54) is 23.2 Å². The van der Waals surface area contributed by atoms with Crippen LogP contribution in [-0.2, 0) is 41.4 Å². The molecule has 14 nitrogen and oxygen atoms in total. The van der Waals surface area contributed by atoms with E-state index in [2.05, 4.69) is 20.6 Å². The van der Waals surface area contributed by atoms with Gasteiger partial charge in [0, 0.05) is 52.0 Å². The van der Waals surface area contributed by atoms with Gasteiger partial charge in [-0.2, -0.15) is 0 Å². The Morgan fingerprint density at radius 2 is 1.88 bits per heavy atom. The Bertz CT molecular complexity index is 1340. The van der Waals surface area contributed by atoms with Crippen molar-refractivity contribution in [3.05, 3.63) is 54.1 Å². The Morgan fingerprint density at radius 3 is 2.54 bits per heavy atom. The van der Waals surface area contributed by atoms with Gasteiger partial charge in [0.1, 0.15) is 25.0 Å². The molecular weight excluding hydrogens is 644 g/mol. The zero-order valence-corrected chi connectivity index (χ0v) is 29.6. The number of likely N-dealkylation sites (N-methyl/N-ethyl adjacent to an activating group) is 2. The highest BCUT2D eigenvalue weighted by molar-refractivity contribution is 5.91. The minimum Gasteiger partial charge on any atom is -0.441 e. The van der Waals surface area contributed by atoms with Gasteiger partial charge in [-0.25, -0.2) is 9.78 Å². The number of ether oxygens (including phenoxy) is 3. The second kappa shape index (κ2) is 20.0. The monoisotopic (exact) mass is 698 g/mol. The van der Waals surface area contributed by atoms with Crippen LogP contribution in [0, 0.1) is 11.8 Å². The van der Waals surface area contributed by atoms with Crippen LogP contribution in [0.15, 0.2) is 42.9 Å². The maximum Gasteiger partial charge on any atom is 0.410 e. The lowest BCUT2D eigenvalue weighted by Crippen LogP contribution is -2.57. The van der Waals surface area contributed by atoms with E-state index in [4.69, 9.17) is 14.2 Å². The zero-order chi connectivity index (χ0) is 35.9. The number of aromatic amines is 1. The van der Waals surface area contributed by atoms with Crippen LogP contribution in [0.3, 0.4) is 0 Å². The summed E-state index contributed by atoms with van der Waals surface area (Å²) in [6, 6.07) is 7.67. The lowest BCUT2D eigenvalue weighted by molar-refractivity contribution is -0.137. The van der Waals surface area contributed by atoms with E-state index in [-0.39, 0.29) is 45.1 Å². The van der Waals surface area contributed by atoms with Crippen LogP contribution in [0.25, 0.3) is 0 Å². The van der Waals surface area contributed by atoms with Gasteiger partial charge in [-0.3, -0.25) is 14.4 Å². The van der Waals surface area contributed by atoms with Crippen LogP contribution < -0.4 is 10.6 Å². The number of methoxy groups -OCH3 is 1. The van der Waals surface area contributed by atoms with Crippen LogP contribution in [0.2, 0.25) is 0 Å². The molecule has 1 aromatic carbocycles. The molecule has 2 heterocycles. The lowest BCUT2D eigenvalue weighted by Gasteiger charge is -2.33. The Hall–Kier alpha value is -4.01. The van der Waals surface area contributed by atoms with Gasteiger partial charge in [-0.15, -0.1) is 0 Å². The minimum absolute atomic E-state index is 0.0795. The van der Waals surface area contributed by atoms with Crippen molar-refractivity contribution >= 4 is 23.8 Å². The molecule has 5 atom stereocenters. The maximum absolute atomic E-state index is 14.2. The summed E-state index contributed by atoms with van der Waals surface area (Å²) in [5, 5.41) is 17.5. The predicted molar refractivity (Wildman–Crippen MR) is 185 cm³/mol. The van der Waals surface area contributed by atoms with Crippen molar-refractivity contribution in [2.75, 3.05) is 47.2 Å². The molecule has 2 aliphatic rings. The molecule has 1 aliphatic heterocycles. The molecule has 5 unspecified atom stereocenters. The van der Waals surface area contributed by atoms with Gasteiger partial charge in [-0.1, -0.05) is 62.4 Å². The van der Waals surface area contributed by atoms with Gasteiger partial charge < -0.3 is 44.7 Å². The molecule has 50 heavy (non-hydrogen) atoms. The number of aliphatic hydroxyl groups excluding tert-OH is 1. The van der Waals surface area contributed by atoms with Crippen molar-refractivity contribution in [2.45, 2.75) is 89.0 Å². The summed E-state index contributed by atoms with van der Waals surface area (Å²) in [5.41, 5.74) is 1.51. The number of aromatic nitrogens is 2.